The van der Waals surface area contributed by atoms with Gasteiger partial charge in [0.05, 0.1) is 0 Å². The smallest absolute Gasteiger partial charge is 0.292 e. The molecule has 1 aliphatic carbocycles. The van der Waals surface area contributed by atoms with Crippen LogP contribution in [0.15, 0.2) is 4.52 Å². The summed E-state index contributed by atoms with van der Waals surface area (Å²) in [6.07, 6.45) is 6.45. The molecule has 0 radical (unpaired) electrons. The number of rotatable bonds is 5. The lowest BCUT2D eigenvalue weighted by atomic mass is 9.82. The second-order valence-corrected chi connectivity index (χ2v) is 5.13. The van der Waals surface area contributed by atoms with E-state index in [0.717, 1.165) is 12.8 Å². The van der Waals surface area contributed by atoms with Crippen molar-refractivity contribution in [2.75, 3.05) is 6.61 Å². The van der Waals surface area contributed by atoms with E-state index < -0.39 is 0 Å². The Morgan fingerprint density at radius 1 is 1.47 bits per heavy atom. The Labute approximate surface area is 112 Å². The first-order valence-corrected chi connectivity index (χ1v) is 6.92. The van der Waals surface area contributed by atoms with Gasteiger partial charge in [0.1, 0.15) is 0 Å². The van der Waals surface area contributed by atoms with Crippen molar-refractivity contribution in [2.24, 2.45) is 5.92 Å². The third-order valence-electron chi connectivity index (χ3n) is 3.71. The lowest BCUT2D eigenvalue weighted by Gasteiger charge is -2.30. The molecule has 0 aliphatic heterocycles. The topological polar surface area (TPSA) is 88.2 Å². The van der Waals surface area contributed by atoms with Gasteiger partial charge in [0.15, 0.2) is 0 Å². The van der Waals surface area contributed by atoms with Gasteiger partial charge in [0.25, 0.3) is 11.7 Å². The van der Waals surface area contributed by atoms with E-state index in [1.807, 2.05) is 0 Å². The van der Waals surface area contributed by atoms with Crippen LogP contribution in [0.25, 0.3) is 0 Å². The van der Waals surface area contributed by atoms with E-state index in [0.29, 0.717) is 18.2 Å². The second kappa shape index (κ2) is 6.65. The number of carbonyl (C=O) groups excluding carboxylic acids is 1. The van der Waals surface area contributed by atoms with E-state index in [-0.39, 0.29) is 24.4 Å². The Balaban J connectivity index is 1.97. The third kappa shape index (κ3) is 3.76. The molecule has 2 rings (SSSR count). The number of hydrogen-bond donors (Lipinski definition) is 2. The predicted molar refractivity (Wildman–Crippen MR) is 68.6 cm³/mol. The van der Waals surface area contributed by atoms with E-state index in [1.54, 1.807) is 6.92 Å². The molecular formula is C13H21N3O3. The standard InChI is InChI=1S/C13H21N3O3/c1-9-14-12(16-19-9)13(18)15-11(7-8-17)10-5-3-2-4-6-10/h10-11,17H,2-8H2,1H3,(H,15,18). The van der Waals surface area contributed by atoms with Crippen molar-refractivity contribution in [3.8, 4) is 0 Å². The molecule has 1 amide bonds. The van der Waals surface area contributed by atoms with Crippen LogP contribution >= 0.6 is 0 Å². The first-order chi connectivity index (χ1) is 9.20. The van der Waals surface area contributed by atoms with Gasteiger partial charge < -0.3 is 14.9 Å². The van der Waals surface area contributed by atoms with Crippen molar-refractivity contribution >= 4 is 5.91 Å². The van der Waals surface area contributed by atoms with E-state index in [4.69, 9.17) is 9.63 Å². The summed E-state index contributed by atoms with van der Waals surface area (Å²) in [5.41, 5.74) is 0. The summed E-state index contributed by atoms with van der Waals surface area (Å²) < 4.78 is 4.80. The lowest BCUT2D eigenvalue weighted by Crippen LogP contribution is -2.42. The molecule has 1 heterocycles. The summed E-state index contributed by atoms with van der Waals surface area (Å²) in [5.74, 6) is 0.566. The van der Waals surface area contributed by atoms with E-state index in [2.05, 4.69) is 15.5 Å². The number of aliphatic hydroxyl groups is 1. The van der Waals surface area contributed by atoms with E-state index in [1.165, 1.54) is 19.3 Å². The molecule has 0 spiro atoms. The van der Waals surface area contributed by atoms with Gasteiger partial charge in [-0.15, -0.1) is 0 Å². The van der Waals surface area contributed by atoms with Crippen molar-refractivity contribution in [2.45, 2.75) is 51.5 Å². The van der Waals surface area contributed by atoms with Crippen LogP contribution in [-0.4, -0.2) is 33.8 Å². The Kier molecular flexibility index (Phi) is 4.90. The summed E-state index contributed by atoms with van der Waals surface area (Å²) in [4.78, 5) is 15.9. The maximum atomic E-state index is 12.0. The van der Waals surface area contributed by atoms with Gasteiger partial charge in [0, 0.05) is 19.6 Å². The number of aliphatic hydroxyl groups excluding tert-OH is 1. The van der Waals surface area contributed by atoms with Gasteiger partial charge in [-0.2, -0.15) is 4.98 Å². The Morgan fingerprint density at radius 2 is 2.21 bits per heavy atom. The third-order valence-corrected chi connectivity index (χ3v) is 3.71. The van der Waals surface area contributed by atoms with Crippen LogP contribution in [0, 0.1) is 12.8 Å². The highest BCUT2D eigenvalue weighted by molar-refractivity contribution is 5.90. The molecule has 0 aromatic carbocycles. The van der Waals surface area contributed by atoms with Gasteiger partial charge >= 0.3 is 0 Å². The normalized spacial score (nSPS) is 18.2. The van der Waals surface area contributed by atoms with Gasteiger partial charge in [-0.25, -0.2) is 0 Å². The van der Waals surface area contributed by atoms with Gasteiger partial charge in [-0.1, -0.05) is 24.4 Å². The van der Waals surface area contributed by atoms with Crippen molar-refractivity contribution in [1.29, 1.82) is 0 Å². The molecule has 0 saturated heterocycles. The summed E-state index contributed by atoms with van der Waals surface area (Å²) in [7, 11) is 0. The zero-order valence-corrected chi connectivity index (χ0v) is 11.3. The number of aryl methyl sites for hydroxylation is 1. The average molecular weight is 267 g/mol. The Bertz CT molecular complexity index is 413. The molecule has 106 valence electrons. The molecule has 1 aromatic heterocycles. The van der Waals surface area contributed by atoms with Crippen molar-refractivity contribution in [3.05, 3.63) is 11.7 Å². The van der Waals surface area contributed by atoms with Crippen molar-refractivity contribution in [3.63, 3.8) is 0 Å². The molecule has 1 aliphatic rings. The molecule has 1 unspecified atom stereocenters. The quantitative estimate of drug-likeness (QED) is 0.842. The number of nitrogens with zero attached hydrogens (tertiary/aromatic N) is 2. The summed E-state index contributed by atoms with van der Waals surface area (Å²) in [5, 5.41) is 15.7. The summed E-state index contributed by atoms with van der Waals surface area (Å²) in [6.45, 7) is 1.73. The van der Waals surface area contributed by atoms with Crippen LogP contribution in [-0.2, 0) is 0 Å². The molecule has 1 aromatic rings. The lowest BCUT2D eigenvalue weighted by molar-refractivity contribution is 0.0886. The van der Waals surface area contributed by atoms with E-state index in [9.17, 15) is 4.79 Å². The van der Waals surface area contributed by atoms with Crippen LogP contribution in [0.5, 0.6) is 0 Å². The molecule has 0 bridgehead atoms. The highest BCUT2D eigenvalue weighted by Crippen LogP contribution is 2.27. The minimum absolute atomic E-state index is 0.00314. The van der Waals surface area contributed by atoms with Crippen LogP contribution in [0.2, 0.25) is 0 Å². The largest absolute Gasteiger partial charge is 0.396 e. The van der Waals surface area contributed by atoms with Gasteiger partial charge in [-0.05, 0) is 25.2 Å². The van der Waals surface area contributed by atoms with Gasteiger partial charge in [0.2, 0.25) is 5.89 Å². The maximum absolute atomic E-state index is 12.0. The maximum Gasteiger partial charge on any atom is 0.292 e. The van der Waals surface area contributed by atoms with E-state index >= 15 is 0 Å². The summed E-state index contributed by atoms with van der Waals surface area (Å²) >= 11 is 0. The number of hydrogen-bond acceptors (Lipinski definition) is 5. The number of aromatic nitrogens is 2. The highest BCUT2D eigenvalue weighted by Gasteiger charge is 2.26. The highest BCUT2D eigenvalue weighted by atomic mass is 16.5. The predicted octanol–water partition coefficient (Wildman–Crippen LogP) is 1.44. The fourth-order valence-corrected chi connectivity index (χ4v) is 2.73. The fourth-order valence-electron chi connectivity index (χ4n) is 2.73. The zero-order valence-electron chi connectivity index (χ0n) is 11.3. The molecule has 1 saturated carbocycles. The second-order valence-electron chi connectivity index (χ2n) is 5.13. The van der Waals surface area contributed by atoms with Crippen LogP contribution in [0.3, 0.4) is 0 Å². The molecular weight excluding hydrogens is 246 g/mol. The van der Waals surface area contributed by atoms with Crippen LogP contribution < -0.4 is 5.32 Å². The monoisotopic (exact) mass is 267 g/mol. The number of carbonyl (C=O) groups is 1. The minimum atomic E-state index is -0.319. The van der Waals surface area contributed by atoms with Gasteiger partial charge in [-0.3, -0.25) is 4.79 Å². The first kappa shape index (κ1) is 14.0. The van der Waals surface area contributed by atoms with Crippen LogP contribution in [0.1, 0.15) is 55.0 Å². The number of nitrogens with one attached hydrogen (secondary N) is 1. The van der Waals surface area contributed by atoms with Crippen molar-refractivity contribution < 1.29 is 14.4 Å². The molecule has 19 heavy (non-hydrogen) atoms. The fraction of sp³-hybridized carbons (Fsp3) is 0.769. The molecule has 6 heteroatoms. The molecule has 2 N–H and O–H groups in total. The Hall–Kier alpha value is -1.43. The summed E-state index contributed by atoms with van der Waals surface area (Å²) in [6, 6.07) is -0.00314. The molecule has 6 nitrogen and oxygen atoms in total. The van der Waals surface area contributed by atoms with Crippen molar-refractivity contribution in [1.82, 2.24) is 15.5 Å². The minimum Gasteiger partial charge on any atom is -0.396 e. The molecule has 1 fully saturated rings. The average Bonchev–Trinajstić information content (AvgIpc) is 2.86. The zero-order chi connectivity index (χ0) is 13.7. The number of amides is 1. The first-order valence-electron chi connectivity index (χ1n) is 6.92. The molecule has 1 atom stereocenters. The Morgan fingerprint density at radius 3 is 2.79 bits per heavy atom. The SMILES string of the molecule is Cc1nc(C(=O)NC(CCO)C2CCCCC2)no1. The van der Waals surface area contributed by atoms with Crippen LogP contribution in [0.4, 0.5) is 0 Å².